The molecule has 1 unspecified atom stereocenters. The van der Waals surface area contributed by atoms with E-state index in [0.29, 0.717) is 17.8 Å². The SMILES string of the molecule is c1cnc(Nc2nccc(C3CCCN3CC3CCCCC3)n2)cn1. The summed E-state index contributed by atoms with van der Waals surface area (Å²) in [7, 11) is 0. The van der Waals surface area contributed by atoms with Crippen LogP contribution in [-0.2, 0) is 0 Å². The van der Waals surface area contributed by atoms with E-state index in [1.54, 1.807) is 18.6 Å². The Labute approximate surface area is 149 Å². The standard InChI is InChI=1S/C19H26N6/c1-2-5-15(6-3-1)14-25-12-4-7-17(25)16-8-9-22-19(23-16)24-18-13-20-10-11-21-18/h8-11,13,15,17H,1-7,12,14H2,(H,21,22,23,24). The predicted molar refractivity (Wildman–Crippen MR) is 97.5 cm³/mol. The second-order valence-corrected chi connectivity index (χ2v) is 7.18. The van der Waals surface area contributed by atoms with E-state index in [1.165, 1.54) is 58.0 Å². The Morgan fingerprint density at radius 2 is 1.92 bits per heavy atom. The Balaban J connectivity index is 1.45. The number of aromatic nitrogens is 4. The van der Waals surface area contributed by atoms with Crippen molar-refractivity contribution in [3.05, 3.63) is 36.5 Å². The summed E-state index contributed by atoms with van der Waals surface area (Å²) in [6.07, 6.45) is 16.3. The van der Waals surface area contributed by atoms with Gasteiger partial charge in [-0.3, -0.25) is 9.88 Å². The van der Waals surface area contributed by atoms with Gasteiger partial charge in [-0.2, -0.15) is 0 Å². The minimum atomic E-state index is 0.423. The summed E-state index contributed by atoms with van der Waals surface area (Å²) in [6, 6.07) is 2.48. The fraction of sp³-hybridized carbons (Fsp3) is 0.579. The molecule has 1 saturated heterocycles. The van der Waals surface area contributed by atoms with Gasteiger partial charge in [0.1, 0.15) is 0 Å². The molecule has 0 bridgehead atoms. The van der Waals surface area contributed by atoms with Crippen molar-refractivity contribution < 1.29 is 0 Å². The smallest absolute Gasteiger partial charge is 0.228 e. The molecule has 2 aromatic heterocycles. The number of rotatable bonds is 5. The van der Waals surface area contributed by atoms with Crippen LogP contribution in [0.4, 0.5) is 11.8 Å². The normalized spacial score (nSPS) is 22.2. The first-order valence-electron chi connectivity index (χ1n) is 9.48. The molecule has 2 aromatic rings. The lowest BCUT2D eigenvalue weighted by molar-refractivity contribution is 0.186. The summed E-state index contributed by atoms with van der Waals surface area (Å²) in [5, 5.41) is 3.15. The fourth-order valence-electron chi connectivity index (χ4n) is 4.18. The second-order valence-electron chi connectivity index (χ2n) is 7.18. The molecule has 1 N–H and O–H groups in total. The van der Waals surface area contributed by atoms with Crippen molar-refractivity contribution in [3.63, 3.8) is 0 Å². The minimum Gasteiger partial charge on any atom is -0.307 e. The first kappa shape index (κ1) is 16.4. The van der Waals surface area contributed by atoms with Crippen molar-refractivity contribution in [2.45, 2.75) is 51.0 Å². The number of hydrogen-bond donors (Lipinski definition) is 1. The molecule has 0 radical (unpaired) electrons. The third-order valence-electron chi connectivity index (χ3n) is 5.40. The monoisotopic (exact) mass is 338 g/mol. The largest absolute Gasteiger partial charge is 0.307 e. The van der Waals surface area contributed by atoms with Crippen molar-refractivity contribution >= 4 is 11.8 Å². The van der Waals surface area contributed by atoms with Gasteiger partial charge in [-0.25, -0.2) is 15.0 Å². The van der Waals surface area contributed by atoms with Gasteiger partial charge in [0.2, 0.25) is 5.95 Å². The van der Waals surface area contributed by atoms with Gasteiger partial charge >= 0.3 is 0 Å². The van der Waals surface area contributed by atoms with E-state index < -0.39 is 0 Å². The first-order chi connectivity index (χ1) is 12.4. The van der Waals surface area contributed by atoms with Crippen molar-refractivity contribution in [2.24, 2.45) is 5.92 Å². The Kier molecular flexibility index (Phi) is 5.16. The van der Waals surface area contributed by atoms with E-state index in [1.807, 2.05) is 6.20 Å². The highest BCUT2D eigenvalue weighted by Crippen LogP contribution is 2.34. The maximum absolute atomic E-state index is 4.76. The van der Waals surface area contributed by atoms with Gasteiger partial charge in [-0.1, -0.05) is 19.3 Å². The fourth-order valence-corrected chi connectivity index (χ4v) is 4.18. The van der Waals surface area contributed by atoms with Gasteiger partial charge in [-0.15, -0.1) is 0 Å². The van der Waals surface area contributed by atoms with E-state index in [-0.39, 0.29) is 0 Å². The van der Waals surface area contributed by atoms with Gasteiger partial charge in [0.25, 0.3) is 0 Å². The van der Waals surface area contributed by atoms with Gasteiger partial charge in [0.15, 0.2) is 5.82 Å². The van der Waals surface area contributed by atoms with Gasteiger partial charge in [-0.05, 0) is 44.2 Å². The summed E-state index contributed by atoms with van der Waals surface area (Å²) in [5.41, 5.74) is 1.12. The van der Waals surface area contributed by atoms with Crippen molar-refractivity contribution in [3.8, 4) is 0 Å². The van der Waals surface area contributed by atoms with Crippen LogP contribution in [0.3, 0.4) is 0 Å². The molecule has 6 nitrogen and oxygen atoms in total. The maximum atomic E-state index is 4.76. The molecule has 1 aliphatic carbocycles. The highest BCUT2D eigenvalue weighted by Gasteiger charge is 2.29. The van der Waals surface area contributed by atoms with Crippen LogP contribution in [0.1, 0.15) is 56.7 Å². The molecule has 2 aliphatic rings. The molecule has 0 amide bonds. The van der Waals surface area contributed by atoms with Crippen molar-refractivity contribution in [2.75, 3.05) is 18.4 Å². The molecule has 4 rings (SSSR count). The molecule has 2 fully saturated rings. The lowest BCUT2D eigenvalue weighted by Crippen LogP contribution is -2.30. The predicted octanol–water partition coefficient (Wildman–Crippen LogP) is 3.73. The molecular formula is C19H26N6. The number of nitrogens with one attached hydrogen (secondary N) is 1. The summed E-state index contributed by atoms with van der Waals surface area (Å²) in [5.74, 6) is 2.14. The Bertz CT molecular complexity index is 671. The Hall–Kier alpha value is -2.08. The molecule has 0 aromatic carbocycles. The maximum Gasteiger partial charge on any atom is 0.228 e. The number of hydrogen-bond acceptors (Lipinski definition) is 6. The van der Waals surface area contributed by atoms with Crippen LogP contribution in [0.15, 0.2) is 30.9 Å². The van der Waals surface area contributed by atoms with E-state index in [2.05, 4.69) is 31.2 Å². The number of anilines is 2. The van der Waals surface area contributed by atoms with Crippen LogP contribution in [0.25, 0.3) is 0 Å². The van der Waals surface area contributed by atoms with Crippen LogP contribution >= 0.6 is 0 Å². The molecule has 25 heavy (non-hydrogen) atoms. The van der Waals surface area contributed by atoms with Crippen LogP contribution in [-0.4, -0.2) is 37.9 Å². The van der Waals surface area contributed by atoms with Crippen molar-refractivity contribution in [1.29, 1.82) is 0 Å². The third kappa shape index (κ3) is 4.12. The summed E-state index contributed by atoms with van der Waals surface area (Å²) in [6.45, 7) is 2.42. The lowest BCUT2D eigenvalue weighted by atomic mass is 9.88. The average Bonchev–Trinajstić information content (AvgIpc) is 3.12. The average molecular weight is 338 g/mol. The molecule has 1 aliphatic heterocycles. The van der Waals surface area contributed by atoms with Crippen LogP contribution < -0.4 is 5.32 Å². The van der Waals surface area contributed by atoms with E-state index in [9.17, 15) is 0 Å². The molecule has 132 valence electrons. The zero-order valence-corrected chi connectivity index (χ0v) is 14.6. The highest BCUT2D eigenvalue weighted by atomic mass is 15.2. The topological polar surface area (TPSA) is 66.8 Å². The zero-order valence-electron chi connectivity index (χ0n) is 14.6. The van der Waals surface area contributed by atoms with Crippen LogP contribution in [0.2, 0.25) is 0 Å². The molecule has 0 spiro atoms. The lowest BCUT2D eigenvalue weighted by Gasteiger charge is -2.30. The molecule has 3 heterocycles. The van der Waals surface area contributed by atoms with Gasteiger partial charge in [0, 0.05) is 25.1 Å². The van der Waals surface area contributed by atoms with Crippen molar-refractivity contribution in [1.82, 2.24) is 24.8 Å². The first-order valence-corrected chi connectivity index (χ1v) is 9.48. The van der Waals surface area contributed by atoms with Crippen LogP contribution in [0, 0.1) is 5.92 Å². The minimum absolute atomic E-state index is 0.423. The Morgan fingerprint density at radius 3 is 2.76 bits per heavy atom. The molecule has 1 atom stereocenters. The quantitative estimate of drug-likeness (QED) is 0.896. The van der Waals surface area contributed by atoms with E-state index >= 15 is 0 Å². The summed E-state index contributed by atoms with van der Waals surface area (Å²) in [4.78, 5) is 20.0. The summed E-state index contributed by atoms with van der Waals surface area (Å²) >= 11 is 0. The highest BCUT2D eigenvalue weighted by molar-refractivity contribution is 5.45. The molecular weight excluding hydrogens is 312 g/mol. The zero-order chi connectivity index (χ0) is 16.9. The van der Waals surface area contributed by atoms with Crippen LogP contribution in [0.5, 0.6) is 0 Å². The second kappa shape index (κ2) is 7.87. The molecule has 6 heteroatoms. The Morgan fingerprint density at radius 1 is 1.00 bits per heavy atom. The van der Waals surface area contributed by atoms with Gasteiger partial charge in [0.05, 0.1) is 17.9 Å². The number of nitrogens with zero attached hydrogens (tertiary/aromatic N) is 5. The summed E-state index contributed by atoms with van der Waals surface area (Å²) < 4.78 is 0. The molecule has 1 saturated carbocycles. The number of likely N-dealkylation sites (tertiary alicyclic amines) is 1. The van der Waals surface area contributed by atoms with E-state index in [0.717, 1.165) is 11.6 Å². The van der Waals surface area contributed by atoms with E-state index in [4.69, 9.17) is 4.98 Å². The third-order valence-corrected chi connectivity index (χ3v) is 5.40. The van der Waals surface area contributed by atoms with Gasteiger partial charge < -0.3 is 5.32 Å².